The summed E-state index contributed by atoms with van der Waals surface area (Å²) in [7, 11) is 0. The maximum absolute atomic E-state index is 12.5. The van der Waals surface area contributed by atoms with Crippen LogP contribution < -0.4 is 4.74 Å². The molecule has 1 aromatic heterocycles. The SMILES string of the molecule is C#[N+][C@@H]1CCCN1C(=O)CN1CCC(Oc2ccnc3cc(Cl)ccc23)CC1. The lowest BCUT2D eigenvalue weighted by Crippen LogP contribution is -2.45. The Labute approximate surface area is 169 Å². The van der Waals surface area contributed by atoms with Crippen molar-refractivity contribution in [2.45, 2.75) is 38.0 Å². The van der Waals surface area contributed by atoms with Gasteiger partial charge in [0.15, 0.2) is 0 Å². The number of hydrogen-bond donors (Lipinski definition) is 0. The molecule has 0 unspecified atom stereocenters. The van der Waals surface area contributed by atoms with Crippen molar-refractivity contribution < 1.29 is 9.53 Å². The molecule has 0 spiro atoms. The molecule has 2 aliphatic rings. The number of aromatic nitrogens is 1. The Bertz CT molecular complexity index is 905. The van der Waals surface area contributed by atoms with Crippen LogP contribution in [0, 0.1) is 6.57 Å². The summed E-state index contributed by atoms with van der Waals surface area (Å²) >= 11 is 6.06. The van der Waals surface area contributed by atoms with Gasteiger partial charge in [0.25, 0.3) is 6.57 Å². The molecule has 1 atom stereocenters. The number of carbonyl (C=O) groups is 1. The fourth-order valence-corrected chi connectivity index (χ4v) is 4.21. The number of halogens is 1. The predicted octanol–water partition coefficient (Wildman–Crippen LogP) is 3.64. The maximum atomic E-state index is 12.5. The van der Waals surface area contributed by atoms with Crippen LogP contribution in [0.3, 0.4) is 0 Å². The van der Waals surface area contributed by atoms with Crippen molar-refractivity contribution in [2.75, 3.05) is 26.2 Å². The third kappa shape index (κ3) is 4.06. The minimum Gasteiger partial charge on any atom is -0.490 e. The molecule has 2 aromatic rings. The smallest absolute Gasteiger partial charge is 0.349 e. The number of amides is 1. The van der Waals surface area contributed by atoms with E-state index in [4.69, 9.17) is 22.9 Å². The van der Waals surface area contributed by atoms with Crippen LogP contribution in [0.25, 0.3) is 15.7 Å². The number of fused-ring (bicyclic) bond motifs is 1. The van der Waals surface area contributed by atoms with Gasteiger partial charge in [0.05, 0.1) is 18.5 Å². The zero-order valence-corrected chi connectivity index (χ0v) is 16.5. The van der Waals surface area contributed by atoms with Gasteiger partial charge in [-0.3, -0.25) is 19.6 Å². The highest BCUT2D eigenvalue weighted by Crippen LogP contribution is 2.28. The molecule has 0 N–H and O–H groups in total. The van der Waals surface area contributed by atoms with E-state index in [9.17, 15) is 4.79 Å². The molecule has 3 heterocycles. The Morgan fingerprint density at radius 2 is 2.07 bits per heavy atom. The molecular weight excluding hydrogens is 376 g/mol. The van der Waals surface area contributed by atoms with Crippen LogP contribution in [-0.2, 0) is 4.79 Å². The molecule has 2 aliphatic heterocycles. The summed E-state index contributed by atoms with van der Waals surface area (Å²) in [5.41, 5.74) is 0.832. The Kier molecular flexibility index (Phi) is 5.65. The van der Waals surface area contributed by atoms with Gasteiger partial charge in [-0.15, -0.1) is 0 Å². The number of ether oxygens (including phenoxy) is 1. The van der Waals surface area contributed by atoms with Crippen LogP contribution in [0.2, 0.25) is 5.02 Å². The van der Waals surface area contributed by atoms with Gasteiger partial charge in [-0.05, 0) is 43.5 Å². The van der Waals surface area contributed by atoms with Crippen molar-refractivity contribution in [2.24, 2.45) is 0 Å². The quantitative estimate of drug-likeness (QED) is 0.787. The lowest BCUT2D eigenvalue weighted by Gasteiger charge is -2.32. The molecule has 1 aromatic carbocycles. The predicted molar refractivity (Wildman–Crippen MR) is 110 cm³/mol. The highest BCUT2D eigenvalue weighted by molar-refractivity contribution is 6.31. The van der Waals surface area contributed by atoms with Gasteiger partial charge < -0.3 is 4.74 Å². The van der Waals surface area contributed by atoms with Crippen molar-refractivity contribution in [1.82, 2.24) is 14.8 Å². The van der Waals surface area contributed by atoms with Gasteiger partial charge in [0, 0.05) is 36.2 Å². The minimum atomic E-state index is -0.151. The van der Waals surface area contributed by atoms with Crippen molar-refractivity contribution in [1.29, 1.82) is 0 Å². The summed E-state index contributed by atoms with van der Waals surface area (Å²) in [5, 5.41) is 1.63. The van der Waals surface area contributed by atoms with Crippen molar-refractivity contribution in [3.8, 4) is 12.3 Å². The zero-order valence-electron chi connectivity index (χ0n) is 15.8. The summed E-state index contributed by atoms with van der Waals surface area (Å²) < 4.78 is 6.26. The summed E-state index contributed by atoms with van der Waals surface area (Å²) in [6.45, 7) is 8.28. The fraction of sp³-hybridized carbons (Fsp3) is 0.476. The maximum Gasteiger partial charge on any atom is 0.349 e. The third-order valence-electron chi connectivity index (χ3n) is 5.57. The number of carbonyl (C=O) groups excluding carboxylic acids is 1. The van der Waals surface area contributed by atoms with Crippen LogP contribution in [0.5, 0.6) is 5.75 Å². The molecule has 4 rings (SSSR count). The molecule has 0 aliphatic carbocycles. The molecule has 0 bridgehead atoms. The number of benzene rings is 1. The first kappa shape index (κ1) is 19.0. The average Bonchev–Trinajstić information content (AvgIpc) is 3.18. The Hall–Kier alpha value is -2.36. The topological polar surface area (TPSA) is 50.0 Å². The second-order valence-electron chi connectivity index (χ2n) is 7.42. The summed E-state index contributed by atoms with van der Waals surface area (Å²) in [5.74, 6) is 0.953. The fourth-order valence-electron chi connectivity index (χ4n) is 4.04. The van der Waals surface area contributed by atoms with Crippen LogP contribution in [0.1, 0.15) is 25.7 Å². The molecule has 7 heteroatoms. The van der Waals surface area contributed by atoms with Gasteiger partial charge in [-0.25, -0.2) is 0 Å². The number of nitrogens with zero attached hydrogens (tertiary/aromatic N) is 4. The second kappa shape index (κ2) is 8.34. The van der Waals surface area contributed by atoms with E-state index >= 15 is 0 Å². The Morgan fingerprint density at radius 1 is 1.25 bits per heavy atom. The zero-order chi connectivity index (χ0) is 19.5. The van der Waals surface area contributed by atoms with E-state index in [1.54, 1.807) is 11.1 Å². The highest BCUT2D eigenvalue weighted by Gasteiger charge is 2.36. The summed E-state index contributed by atoms with van der Waals surface area (Å²) in [6, 6.07) is 7.54. The lowest BCUT2D eigenvalue weighted by molar-refractivity contribution is -0.133. The lowest BCUT2D eigenvalue weighted by atomic mass is 10.1. The van der Waals surface area contributed by atoms with E-state index in [2.05, 4.69) is 14.7 Å². The van der Waals surface area contributed by atoms with E-state index in [1.165, 1.54) is 0 Å². The first-order valence-corrected chi connectivity index (χ1v) is 10.1. The van der Waals surface area contributed by atoms with Gasteiger partial charge in [0.1, 0.15) is 11.9 Å². The third-order valence-corrected chi connectivity index (χ3v) is 5.80. The van der Waals surface area contributed by atoms with Crippen LogP contribution >= 0.6 is 11.6 Å². The van der Waals surface area contributed by atoms with Crippen LogP contribution in [-0.4, -0.2) is 59.1 Å². The highest BCUT2D eigenvalue weighted by atomic mass is 35.5. The van der Waals surface area contributed by atoms with Gasteiger partial charge >= 0.3 is 6.17 Å². The molecule has 1 amide bonds. The average molecular weight is 400 g/mol. The minimum absolute atomic E-state index is 0.119. The van der Waals surface area contributed by atoms with Crippen molar-refractivity contribution in [3.05, 3.63) is 40.3 Å². The van der Waals surface area contributed by atoms with Gasteiger partial charge in [-0.2, -0.15) is 0 Å². The second-order valence-corrected chi connectivity index (χ2v) is 7.86. The number of likely N-dealkylation sites (tertiary alicyclic amines) is 2. The van der Waals surface area contributed by atoms with Gasteiger partial charge in [0.2, 0.25) is 5.91 Å². The monoisotopic (exact) mass is 399 g/mol. The van der Waals surface area contributed by atoms with E-state index < -0.39 is 0 Å². The Balaban J connectivity index is 1.33. The molecule has 2 saturated heterocycles. The standard InChI is InChI=1S/C21H24ClN4O2/c1-23-20-3-2-10-26(20)21(27)14-25-11-7-16(8-12-25)28-19-6-9-24-18-13-15(22)4-5-17(18)19/h1,4-6,9,13,16,20H,2-3,7-8,10-12,14H2/q+1/t20-/m0/s1. The van der Waals surface area contributed by atoms with E-state index in [1.807, 2.05) is 24.3 Å². The molecule has 0 saturated carbocycles. The number of hydrogen-bond acceptors (Lipinski definition) is 4. The van der Waals surface area contributed by atoms with Gasteiger partial charge in [-0.1, -0.05) is 16.4 Å². The molecule has 6 nitrogen and oxygen atoms in total. The number of piperidine rings is 1. The first-order valence-electron chi connectivity index (χ1n) is 9.77. The molecule has 28 heavy (non-hydrogen) atoms. The summed E-state index contributed by atoms with van der Waals surface area (Å²) in [6.07, 6.45) is 5.33. The Morgan fingerprint density at radius 3 is 2.86 bits per heavy atom. The van der Waals surface area contributed by atoms with Crippen LogP contribution in [0.4, 0.5) is 0 Å². The number of pyridine rings is 1. The molecule has 2 fully saturated rings. The molecule has 0 radical (unpaired) electrons. The first-order chi connectivity index (χ1) is 13.6. The molecular formula is C21H24ClN4O2+. The van der Waals surface area contributed by atoms with E-state index in [-0.39, 0.29) is 18.2 Å². The molecule has 146 valence electrons. The van der Waals surface area contributed by atoms with Crippen molar-refractivity contribution >= 4 is 28.4 Å². The normalized spacial score (nSPS) is 21.0. The van der Waals surface area contributed by atoms with E-state index in [0.29, 0.717) is 11.6 Å². The van der Waals surface area contributed by atoms with Crippen LogP contribution in [0.15, 0.2) is 30.5 Å². The largest absolute Gasteiger partial charge is 0.490 e. The van der Waals surface area contributed by atoms with E-state index in [0.717, 1.165) is 62.0 Å². The van der Waals surface area contributed by atoms with Crippen molar-refractivity contribution in [3.63, 3.8) is 0 Å². The number of rotatable bonds is 4. The summed E-state index contributed by atoms with van der Waals surface area (Å²) in [4.78, 5) is 24.7.